The van der Waals surface area contributed by atoms with Crippen molar-refractivity contribution in [1.29, 1.82) is 0 Å². The molecule has 2 saturated carbocycles. The molecular weight excluding hydrogens is 435 g/mol. The molecule has 1 heterocycles. The third-order valence-corrected chi connectivity index (χ3v) is 6.33. The van der Waals surface area contributed by atoms with Crippen molar-refractivity contribution < 1.29 is 27.3 Å². The van der Waals surface area contributed by atoms with Gasteiger partial charge in [-0.2, -0.15) is 13.2 Å². The number of rotatable bonds is 7. The molecule has 2 aromatic rings. The Kier molecular flexibility index (Phi) is 6.50. The standard InChI is InChI=1S/C24H28F3N3O3/c1-14(2)30(23(32)16-7-8-16)13-19-20(22(31)28-18-5-3-4-6-18)29-33-21(19)15-9-11-17(12-10-15)24(25,26)27/h9-12,14,16,18H,3-8,13H2,1-2H3,(H,28,31). The first kappa shape index (κ1) is 23.3. The van der Waals surface area contributed by atoms with Gasteiger partial charge in [-0.15, -0.1) is 0 Å². The number of carbonyl (C=O) groups excluding carboxylic acids is 2. The Bertz CT molecular complexity index is 1000. The van der Waals surface area contributed by atoms with Gasteiger partial charge < -0.3 is 14.7 Å². The van der Waals surface area contributed by atoms with Gasteiger partial charge in [0.05, 0.1) is 17.7 Å². The van der Waals surface area contributed by atoms with E-state index in [9.17, 15) is 22.8 Å². The molecule has 0 aliphatic heterocycles. The van der Waals surface area contributed by atoms with E-state index in [1.54, 1.807) is 4.90 Å². The van der Waals surface area contributed by atoms with Crippen LogP contribution in [0.1, 0.15) is 74.0 Å². The van der Waals surface area contributed by atoms with Crippen LogP contribution >= 0.6 is 0 Å². The van der Waals surface area contributed by atoms with E-state index < -0.39 is 11.7 Å². The normalized spacial score (nSPS) is 16.9. The lowest BCUT2D eigenvalue weighted by atomic mass is 10.0. The predicted octanol–water partition coefficient (Wildman–Crippen LogP) is 5.18. The van der Waals surface area contributed by atoms with Gasteiger partial charge in [0.25, 0.3) is 5.91 Å². The second-order valence-electron chi connectivity index (χ2n) is 9.20. The van der Waals surface area contributed by atoms with Crippen LogP contribution in [-0.2, 0) is 17.5 Å². The fraction of sp³-hybridized carbons (Fsp3) is 0.542. The zero-order valence-electron chi connectivity index (χ0n) is 18.7. The zero-order valence-corrected chi connectivity index (χ0v) is 18.7. The van der Waals surface area contributed by atoms with E-state index >= 15 is 0 Å². The minimum atomic E-state index is -4.46. The van der Waals surface area contributed by atoms with Crippen molar-refractivity contribution >= 4 is 11.8 Å². The fourth-order valence-corrected chi connectivity index (χ4v) is 4.25. The van der Waals surface area contributed by atoms with Crippen molar-refractivity contribution in [3.05, 3.63) is 41.1 Å². The SMILES string of the molecule is CC(C)N(Cc1c(C(=O)NC2CCCC2)noc1-c1ccc(C(F)(F)F)cc1)C(=O)C1CC1. The van der Waals surface area contributed by atoms with E-state index in [-0.39, 0.29) is 47.8 Å². The molecule has 2 fully saturated rings. The van der Waals surface area contributed by atoms with Gasteiger partial charge in [0.15, 0.2) is 11.5 Å². The quantitative estimate of drug-likeness (QED) is 0.614. The molecule has 0 unspecified atom stereocenters. The Morgan fingerprint density at radius 1 is 1.12 bits per heavy atom. The van der Waals surface area contributed by atoms with E-state index in [0.29, 0.717) is 11.1 Å². The highest BCUT2D eigenvalue weighted by Crippen LogP contribution is 2.35. The molecule has 1 N–H and O–H groups in total. The van der Waals surface area contributed by atoms with Gasteiger partial charge in [-0.25, -0.2) is 0 Å². The summed E-state index contributed by atoms with van der Waals surface area (Å²) in [6.45, 7) is 3.88. The number of benzene rings is 1. The first-order valence-corrected chi connectivity index (χ1v) is 11.4. The molecule has 2 amide bonds. The molecule has 0 atom stereocenters. The monoisotopic (exact) mass is 463 g/mol. The van der Waals surface area contributed by atoms with E-state index in [1.807, 2.05) is 13.8 Å². The third kappa shape index (κ3) is 5.23. The van der Waals surface area contributed by atoms with Crippen LogP contribution in [0.25, 0.3) is 11.3 Å². The number of alkyl halides is 3. The minimum absolute atomic E-state index is 0.00622. The van der Waals surface area contributed by atoms with Gasteiger partial charge in [-0.1, -0.05) is 30.1 Å². The molecular formula is C24H28F3N3O3. The van der Waals surface area contributed by atoms with Crippen molar-refractivity contribution in [3.63, 3.8) is 0 Å². The lowest BCUT2D eigenvalue weighted by Gasteiger charge is -2.27. The highest BCUT2D eigenvalue weighted by Gasteiger charge is 2.36. The van der Waals surface area contributed by atoms with Crippen molar-refractivity contribution in [1.82, 2.24) is 15.4 Å². The molecule has 0 spiro atoms. The van der Waals surface area contributed by atoms with Gasteiger partial charge in [0.2, 0.25) is 5.91 Å². The topological polar surface area (TPSA) is 75.4 Å². The number of carbonyl (C=O) groups is 2. The average molecular weight is 464 g/mol. The molecule has 6 nitrogen and oxygen atoms in total. The summed E-state index contributed by atoms with van der Waals surface area (Å²) in [4.78, 5) is 27.6. The predicted molar refractivity (Wildman–Crippen MR) is 115 cm³/mol. The highest BCUT2D eigenvalue weighted by atomic mass is 19.4. The van der Waals surface area contributed by atoms with Gasteiger partial charge in [0, 0.05) is 23.6 Å². The Morgan fingerprint density at radius 2 is 1.76 bits per heavy atom. The van der Waals surface area contributed by atoms with Crippen molar-refractivity contribution in [2.45, 2.75) is 77.2 Å². The van der Waals surface area contributed by atoms with Crippen LogP contribution in [-0.4, -0.2) is 34.0 Å². The minimum Gasteiger partial charge on any atom is -0.355 e. The Balaban J connectivity index is 1.69. The van der Waals surface area contributed by atoms with Crippen molar-refractivity contribution in [3.8, 4) is 11.3 Å². The van der Waals surface area contributed by atoms with Crippen LogP contribution in [0.2, 0.25) is 0 Å². The maximum Gasteiger partial charge on any atom is 0.416 e. The summed E-state index contributed by atoms with van der Waals surface area (Å²) in [5.41, 5.74) is 0.0752. The lowest BCUT2D eigenvalue weighted by molar-refractivity contribution is -0.137. The molecule has 0 saturated heterocycles. The van der Waals surface area contributed by atoms with E-state index in [0.717, 1.165) is 50.7 Å². The second kappa shape index (κ2) is 9.19. The number of hydrogen-bond donors (Lipinski definition) is 1. The van der Waals surface area contributed by atoms with Gasteiger partial charge >= 0.3 is 6.18 Å². The number of halogens is 3. The summed E-state index contributed by atoms with van der Waals surface area (Å²) >= 11 is 0. The van der Waals surface area contributed by atoms with Gasteiger partial charge in [0.1, 0.15) is 0 Å². The number of nitrogens with zero attached hydrogens (tertiary/aromatic N) is 2. The van der Waals surface area contributed by atoms with Crippen LogP contribution in [0.3, 0.4) is 0 Å². The second-order valence-corrected chi connectivity index (χ2v) is 9.20. The third-order valence-electron chi connectivity index (χ3n) is 6.33. The molecule has 1 aromatic carbocycles. The number of hydrogen-bond acceptors (Lipinski definition) is 4. The van der Waals surface area contributed by atoms with Crippen LogP contribution < -0.4 is 5.32 Å². The smallest absolute Gasteiger partial charge is 0.355 e. The molecule has 0 bridgehead atoms. The summed E-state index contributed by atoms with van der Waals surface area (Å²) < 4.78 is 44.5. The summed E-state index contributed by atoms with van der Waals surface area (Å²) in [5, 5.41) is 6.97. The summed E-state index contributed by atoms with van der Waals surface area (Å²) in [6, 6.07) is 4.47. The molecule has 1 aromatic heterocycles. The van der Waals surface area contributed by atoms with E-state index in [2.05, 4.69) is 10.5 Å². The summed E-state index contributed by atoms with van der Waals surface area (Å²) in [5.74, 6) is -0.194. The van der Waals surface area contributed by atoms with Crippen LogP contribution in [0.4, 0.5) is 13.2 Å². The molecule has 0 radical (unpaired) electrons. The summed E-state index contributed by atoms with van der Waals surface area (Å²) in [7, 11) is 0. The molecule has 2 aliphatic rings. The molecule has 178 valence electrons. The number of aromatic nitrogens is 1. The average Bonchev–Trinajstić information content (AvgIpc) is 3.33. The van der Waals surface area contributed by atoms with E-state index in [4.69, 9.17) is 4.52 Å². The maximum absolute atomic E-state index is 13.0. The molecule has 2 aliphatic carbocycles. The first-order chi connectivity index (χ1) is 15.6. The largest absolute Gasteiger partial charge is 0.416 e. The van der Waals surface area contributed by atoms with Crippen LogP contribution in [0, 0.1) is 5.92 Å². The lowest BCUT2D eigenvalue weighted by Crippen LogP contribution is -2.38. The fourth-order valence-electron chi connectivity index (χ4n) is 4.25. The molecule has 33 heavy (non-hydrogen) atoms. The zero-order chi connectivity index (χ0) is 23.8. The van der Waals surface area contributed by atoms with Gasteiger partial charge in [-0.05, 0) is 51.7 Å². The van der Waals surface area contributed by atoms with Crippen LogP contribution in [0.15, 0.2) is 28.8 Å². The Morgan fingerprint density at radius 3 is 2.30 bits per heavy atom. The first-order valence-electron chi connectivity index (χ1n) is 11.4. The summed E-state index contributed by atoms with van der Waals surface area (Å²) in [6.07, 6.45) is 1.10. The van der Waals surface area contributed by atoms with Crippen molar-refractivity contribution in [2.75, 3.05) is 0 Å². The Labute approximate surface area is 190 Å². The highest BCUT2D eigenvalue weighted by molar-refractivity contribution is 5.95. The van der Waals surface area contributed by atoms with Crippen LogP contribution in [0.5, 0.6) is 0 Å². The Hall–Kier alpha value is -2.84. The van der Waals surface area contributed by atoms with Gasteiger partial charge in [-0.3, -0.25) is 9.59 Å². The van der Waals surface area contributed by atoms with E-state index in [1.165, 1.54) is 12.1 Å². The maximum atomic E-state index is 13.0. The molecule has 9 heteroatoms. The number of nitrogens with one attached hydrogen (secondary N) is 1. The number of amides is 2. The van der Waals surface area contributed by atoms with Crippen molar-refractivity contribution in [2.24, 2.45) is 5.92 Å². The molecule has 4 rings (SSSR count).